The number of ether oxygens (including phenoxy) is 4. The lowest BCUT2D eigenvalue weighted by Gasteiger charge is -2.17. The van der Waals surface area contributed by atoms with Gasteiger partial charge in [0.2, 0.25) is 5.91 Å². The first-order chi connectivity index (χ1) is 25.9. The zero-order chi connectivity index (χ0) is 37.9. The zero-order valence-corrected chi connectivity index (χ0v) is 30.7. The van der Waals surface area contributed by atoms with Gasteiger partial charge in [0, 0.05) is 13.0 Å². The Balaban J connectivity index is 0.000000297. The van der Waals surface area contributed by atoms with Gasteiger partial charge < -0.3 is 24.3 Å². The van der Waals surface area contributed by atoms with Crippen LogP contribution >= 0.6 is 0 Å². The molecule has 0 saturated heterocycles. The number of hydrogen-bond acceptors (Lipinski definition) is 8. The molecule has 0 fully saturated rings. The molecule has 4 aromatic carbocycles. The number of allylic oxidation sites excluding steroid dienone is 1. The fourth-order valence-corrected chi connectivity index (χ4v) is 4.74. The highest BCUT2D eigenvalue weighted by Crippen LogP contribution is 2.17. The molecule has 0 aliphatic carbocycles. The number of rotatable bonds is 20. The maximum atomic E-state index is 12.6. The van der Waals surface area contributed by atoms with Gasteiger partial charge in [0.1, 0.15) is 25.6 Å². The van der Waals surface area contributed by atoms with E-state index in [4.69, 9.17) is 18.9 Å². The first-order valence-electron chi connectivity index (χ1n) is 18.2. The van der Waals surface area contributed by atoms with E-state index < -0.39 is 18.0 Å². The first-order valence-corrected chi connectivity index (χ1v) is 18.2. The zero-order valence-electron chi connectivity index (χ0n) is 30.7. The summed E-state index contributed by atoms with van der Waals surface area (Å²) in [6.45, 7) is 5.07. The quantitative estimate of drug-likeness (QED) is 0.0319. The minimum absolute atomic E-state index is 0.0419. The Kier molecular flexibility index (Phi) is 19.9. The van der Waals surface area contributed by atoms with E-state index in [-0.39, 0.29) is 44.5 Å². The van der Waals surface area contributed by atoms with Gasteiger partial charge in [-0.05, 0) is 53.6 Å². The smallest absolute Gasteiger partial charge is 0.359 e. The van der Waals surface area contributed by atoms with Crippen molar-refractivity contribution in [1.29, 1.82) is 0 Å². The molecule has 0 heterocycles. The van der Waals surface area contributed by atoms with Gasteiger partial charge in [-0.2, -0.15) is 0 Å². The van der Waals surface area contributed by atoms with Crippen LogP contribution in [-0.2, 0) is 59.6 Å². The molecule has 0 radical (unpaired) electrons. The van der Waals surface area contributed by atoms with Crippen molar-refractivity contribution < 1.29 is 38.1 Å². The first kappa shape index (κ1) is 41.7. The summed E-state index contributed by atoms with van der Waals surface area (Å²) in [6.07, 6.45) is 8.38. The van der Waals surface area contributed by atoms with Crippen LogP contribution in [0.5, 0.6) is 5.75 Å². The van der Waals surface area contributed by atoms with Gasteiger partial charge in [0.05, 0.1) is 6.42 Å². The standard InChI is InChI=1S/C25H24O5.C19H27NO3/c1-2-19-13-15-22(16-14-19)30-23(24(26)28-17-20-9-5-3-6-10-20)25(27)29-18-21-11-7-4-8-12-21;1-2-3-4-5-6-10-15-20-18(21)13-14-19(22)23-16-17-11-8-7-9-12-17/h3-16,23H,2,17-18H2,1H3;6-12H,2-5,13-16H2,1H3,(H,20,21)/b;10-6-. The molecule has 4 aromatic rings. The maximum absolute atomic E-state index is 12.6. The van der Waals surface area contributed by atoms with Crippen molar-refractivity contribution in [3.63, 3.8) is 0 Å². The molecule has 0 atom stereocenters. The number of carbonyl (C=O) groups excluding carboxylic acids is 4. The van der Waals surface area contributed by atoms with Gasteiger partial charge in [-0.1, -0.05) is 142 Å². The van der Waals surface area contributed by atoms with E-state index in [2.05, 4.69) is 18.3 Å². The van der Waals surface area contributed by atoms with Crippen LogP contribution in [0, 0.1) is 0 Å². The largest absolute Gasteiger partial charge is 0.467 e. The summed E-state index contributed by atoms with van der Waals surface area (Å²) in [6, 6.07) is 35.2. The third-order valence-corrected chi connectivity index (χ3v) is 7.82. The SMILES string of the molecule is CCCCC/C=C\CNC(=O)CCC(=O)OCc1ccccc1.CCc1ccc(OC(C(=O)OCc2ccccc2)C(=O)OCc2ccccc2)cc1. The van der Waals surface area contributed by atoms with Crippen molar-refractivity contribution >= 4 is 23.8 Å². The number of hydrogen-bond donors (Lipinski definition) is 1. The minimum Gasteiger partial charge on any atom is -0.467 e. The molecule has 0 spiro atoms. The van der Waals surface area contributed by atoms with Crippen LogP contribution in [-0.4, -0.2) is 36.5 Å². The van der Waals surface area contributed by atoms with Gasteiger partial charge in [-0.25, -0.2) is 9.59 Å². The van der Waals surface area contributed by atoms with Gasteiger partial charge in [0.15, 0.2) is 0 Å². The van der Waals surface area contributed by atoms with Gasteiger partial charge in [0.25, 0.3) is 6.10 Å². The normalized spacial score (nSPS) is 10.5. The summed E-state index contributed by atoms with van der Waals surface area (Å²) in [5.41, 5.74) is 3.69. The molecule has 9 nitrogen and oxygen atoms in total. The Morgan fingerprint density at radius 2 is 1.09 bits per heavy atom. The summed E-state index contributed by atoms with van der Waals surface area (Å²) in [7, 11) is 0. The molecule has 0 aromatic heterocycles. The fraction of sp³-hybridized carbons (Fsp3) is 0.318. The third kappa shape index (κ3) is 17.9. The molecular weight excluding hydrogens is 670 g/mol. The number of amides is 1. The van der Waals surface area contributed by atoms with E-state index in [0.717, 1.165) is 35.1 Å². The highest BCUT2D eigenvalue weighted by atomic mass is 16.6. The Bertz CT molecular complexity index is 1600. The topological polar surface area (TPSA) is 117 Å². The second-order valence-electron chi connectivity index (χ2n) is 12.1. The van der Waals surface area contributed by atoms with Crippen molar-refractivity contribution in [3.8, 4) is 5.75 Å². The van der Waals surface area contributed by atoms with Crippen molar-refractivity contribution in [1.82, 2.24) is 5.32 Å². The van der Waals surface area contributed by atoms with Crippen LogP contribution < -0.4 is 10.1 Å². The van der Waals surface area contributed by atoms with Crippen LogP contribution in [0.15, 0.2) is 127 Å². The van der Waals surface area contributed by atoms with Crippen LogP contribution in [0.25, 0.3) is 0 Å². The summed E-state index contributed by atoms with van der Waals surface area (Å²) in [4.78, 5) is 48.5. The molecule has 0 aliphatic rings. The number of benzene rings is 4. The van der Waals surface area contributed by atoms with E-state index in [9.17, 15) is 19.2 Å². The monoisotopic (exact) mass is 721 g/mol. The number of aryl methyl sites for hydroxylation is 1. The van der Waals surface area contributed by atoms with Gasteiger partial charge in [-0.15, -0.1) is 0 Å². The Hall–Kier alpha value is -5.70. The van der Waals surface area contributed by atoms with Crippen molar-refractivity contribution in [2.24, 2.45) is 0 Å². The van der Waals surface area contributed by atoms with E-state index in [0.29, 0.717) is 12.3 Å². The molecular formula is C44H51NO8. The summed E-state index contributed by atoms with van der Waals surface area (Å²) < 4.78 is 21.4. The number of nitrogens with one attached hydrogen (secondary N) is 1. The van der Waals surface area contributed by atoms with Crippen molar-refractivity contribution in [3.05, 3.63) is 150 Å². The lowest BCUT2D eigenvalue weighted by molar-refractivity contribution is -0.168. The van der Waals surface area contributed by atoms with Crippen LogP contribution in [0.2, 0.25) is 0 Å². The lowest BCUT2D eigenvalue weighted by atomic mass is 10.2. The molecule has 0 aliphatic heterocycles. The highest BCUT2D eigenvalue weighted by Gasteiger charge is 2.32. The average molecular weight is 722 g/mol. The predicted octanol–water partition coefficient (Wildman–Crippen LogP) is 8.25. The average Bonchev–Trinajstić information content (AvgIpc) is 3.20. The van der Waals surface area contributed by atoms with Crippen molar-refractivity contribution in [2.75, 3.05) is 6.54 Å². The molecule has 0 unspecified atom stereocenters. The molecule has 0 bridgehead atoms. The maximum Gasteiger partial charge on any atom is 0.359 e. The van der Waals surface area contributed by atoms with Crippen LogP contribution in [0.4, 0.5) is 0 Å². The molecule has 53 heavy (non-hydrogen) atoms. The van der Waals surface area contributed by atoms with Gasteiger partial charge in [-0.3, -0.25) is 9.59 Å². The van der Waals surface area contributed by atoms with Crippen molar-refractivity contribution in [2.45, 2.75) is 84.7 Å². The molecule has 280 valence electrons. The molecule has 0 saturated carbocycles. The van der Waals surface area contributed by atoms with E-state index in [1.54, 1.807) is 12.1 Å². The second-order valence-corrected chi connectivity index (χ2v) is 12.1. The van der Waals surface area contributed by atoms with E-state index in [1.165, 1.54) is 19.3 Å². The number of esters is 3. The highest BCUT2D eigenvalue weighted by molar-refractivity contribution is 5.98. The second kappa shape index (κ2) is 25.3. The van der Waals surface area contributed by atoms with Gasteiger partial charge >= 0.3 is 17.9 Å². The molecule has 1 N–H and O–H groups in total. The molecule has 1 amide bonds. The molecule has 9 heteroatoms. The van der Waals surface area contributed by atoms with E-state index >= 15 is 0 Å². The number of carbonyl (C=O) groups is 4. The lowest BCUT2D eigenvalue weighted by Crippen LogP contribution is -2.38. The fourth-order valence-electron chi connectivity index (χ4n) is 4.74. The Morgan fingerprint density at radius 3 is 1.58 bits per heavy atom. The summed E-state index contributed by atoms with van der Waals surface area (Å²) >= 11 is 0. The Morgan fingerprint density at radius 1 is 0.585 bits per heavy atom. The summed E-state index contributed by atoms with van der Waals surface area (Å²) in [5, 5.41) is 2.77. The minimum atomic E-state index is -1.51. The molecule has 4 rings (SSSR count). The summed E-state index contributed by atoms with van der Waals surface area (Å²) in [5.74, 6) is -1.67. The number of unbranched alkanes of at least 4 members (excludes halogenated alkanes) is 3. The third-order valence-electron chi connectivity index (χ3n) is 7.82. The van der Waals surface area contributed by atoms with Crippen LogP contribution in [0.3, 0.4) is 0 Å². The van der Waals surface area contributed by atoms with Crippen LogP contribution in [0.1, 0.15) is 74.6 Å². The van der Waals surface area contributed by atoms with E-state index in [1.807, 2.05) is 116 Å². The predicted molar refractivity (Wildman–Crippen MR) is 204 cm³/mol. The Labute approximate surface area is 313 Å².